The molecule has 3 fully saturated rings. The fraction of sp³-hybridized carbons (Fsp3) is 0.750. The molecule has 0 saturated heterocycles. The molecular formula is C48H85F15N5O11S5-5. The second-order valence-corrected chi connectivity index (χ2v) is 22.9. The van der Waals surface area contributed by atoms with E-state index in [9.17, 15) is 108 Å². The van der Waals surface area contributed by atoms with Crippen LogP contribution in [0.3, 0.4) is 0 Å². The maximum absolute atomic E-state index is 11.4. The Morgan fingerprint density at radius 2 is 0.464 bits per heavy atom. The smallest absolute Gasteiger partial charge is 0.480 e. The number of fused-ring (bicyclic) bond motifs is 2. The number of sulfonamides is 5. The van der Waals surface area contributed by atoms with Crippen LogP contribution in [0.4, 0.5) is 65.9 Å². The molecule has 16 nitrogen and oxygen atoms in total. The monoisotopic (exact) mass is 1350 g/mol. The van der Waals surface area contributed by atoms with E-state index in [4.69, 9.17) is 5.11 Å². The van der Waals surface area contributed by atoms with E-state index < -0.39 is 90.8 Å². The molecule has 0 unspecified atom stereocenters. The summed E-state index contributed by atoms with van der Waals surface area (Å²) in [5.41, 5.74) is -26.3. The molecule has 2 aromatic rings. The Morgan fingerprint density at radius 1 is 0.321 bits per heavy atom. The Morgan fingerprint density at radius 3 is 0.548 bits per heavy atom. The van der Waals surface area contributed by atoms with Crippen molar-refractivity contribution in [1.29, 1.82) is 0 Å². The molecule has 508 valence electrons. The van der Waals surface area contributed by atoms with Gasteiger partial charge in [-0.25, -0.2) is 42.1 Å². The Kier molecular flexibility index (Phi) is 61.3. The van der Waals surface area contributed by atoms with Gasteiger partial charge in [-0.2, -0.15) is 65.9 Å². The van der Waals surface area contributed by atoms with E-state index in [2.05, 4.69) is 23.6 Å². The van der Waals surface area contributed by atoms with Crippen molar-refractivity contribution in [3.63, 3.8) is 0 Å². The molecule has 2 bridgehead atoms. The molecule has 2 aromatic carbocycles. The normalized spacial score (nSPS) is 15.4. The Hall–Kier alpha value is -3.10. The molecule has 3 aliphatic rings. The number of aliphatic hydroxyl groups is 1. The van der Waals surface area contributed by atoms with E-state index >= 15 is 0 Å². The van der Waals surface area contributed by atoms with E-state index in [1.165, 1.54) is 78.1 Å². The van der Waals surface area contributed by atoms with Gasteiger partial charge in [0.05, 0.1) is 0 Å². The number of benzene rings is 2. The zero-order chi connectivity index (χ0) is 68.2. The van der Waals surface area contributed by atoms with Gasteiger partial charge in [-0.3, -0.25) is 0 Å². The fourth-order valence-electron chi connectivity index (χ4n) is 5.21. The van der Waals surface area contributed by atoms with Crippen LogP contribution in [0.2, 0.25) is 0 Å². The number of aliphatic hydroxyl groups excluding tert-OH is 1. The molecule has 0 radical (unpaired) electrons. The average molecular weight is 1350 g/mol. The van der Waals surface area contributed by atoms with Gasteiger partial charge >= 0.3 is 27.5 Å². The molecule has 3 saturated carbocycles. The van der Waals surface area contributed by atoms with E-state index in [1.807, 2.05) is 128 Å². The maximum Gasteiger partial charge on any atom is 0.480 e. The summed E-state index contributed by atoms with van der Waals surface area (Å²) in [6, 6.07) is 24.0. The number of rotatable bonds is 11. The van der Waals surface area contributed by atoms with Crippen LogP contribution in [0.25, 0.3) is 23.6 Å². The topological polar surface area (TPSA) is 261 Å². The Bertz CT molecular complexity index is 2040. The van der Waals surface area contributed by atoms with Crippen molar-refractivity contribution in [3.05, 3.63) is 96.4 Å². The first-order chi connectivity index (χ1) is 38.5. The molecule has 0 aromatic heterocycles. The zero-order valence-electron chi connectivity index (χ0n) is 49.1. The molecule has 0 spiro atoms. The van der Waals surface area contributed by atoms with E-state index in [0.717, 1.165) is 0 Å². The molecule has 36 heteroatoms. The van der Waals surface area contributed by atoms with Gasteiger partial charge in [-0.15, -0.1) is 32.7 Å². The van der Waals surface area contributed by atoms with Crippen molar-refractivity contribution in [3.8, 4) is 0 Å². The lowest BCUT2D eigenvalue weighted by molar-refractivity contribution is -0.0433. The fourth-order valence-corrected chi connectivity index (χ4v) is 7.63. The first-order valence-corrected chi connectivity index (χ1v) is 33.3. The quantitative estimate of drug-likeness (QED) is 0.207. The molecule has 5 rings (SSSR count). The van der Waals surface area contributed by atoms with Gasteiger partial charge in [0.25, 0.3) is 0 Å². The third kappa shape index (κ3) is 53.2. The largest absolute Gasteiger partial charge is 0.541 e. The van der Waals surface area contributed by atoms with E-state index in [1.54, 1.807) is 32.1 Å². The third-order valence-corrected chi connectivity index (χ3v) is 14.3. The Balaban J connectivity index is -0.000000128. The highest BCUT2D eigenvalue weighted by Gasteiger charge is 2.41. The minimum atomic E-state index is -5.39. The minimum absolute atomic E-state index is 0.387. The van der Waals surface area contributed by atoms with Crippen LogP contribution in [0.1, 0.15) is 154 Å². The number of alkyl halides is 15. The van der Waals surface area contributed by atoms with Crippen LogP contribution >= 0.6 is 0 Å². The lowest BCUT2D eigenvalue weighted by Gasteiger charge is -2.19. The number of nitrogens with zero attached hydrogens (tertiary/aromatic N) is 5. The van der Waals surface area contributed by atoms with Crippen LogP contribution in [-0.2, 0) is 50.1 Å². The third-order valence-electron chi connectivity index (χ3n) is 8.49. The van der Waals surface area contributed by atoms with Gasteiger partial charge in [0.2, 0.25) is 0 Å². The molecule has 84 heavy (non-hydrogen) atoms. The van der Waals surface area contributed by atoms with Crippen molar-refractivity contribution < 1.29 is 113 Å². The summed E-state index contributed by atoms with van der Waals surface area (Å²) in [7, 11) is -26.3. The van der Waals surface area contributed by atoms with Crippen LogP contribution in [0, 0.1) is 11.8 Å². The van der Waals surface area contributed by atoms with Gasteiger partial charge in [0, 0.05) is 6.61 Å². The molecule has 0 aliphatic heterocycles. The van der Waals surface area contributed by atoms with Crippen molar-refractivity contribution in [2.45, 2.75) is 181 Å². The standard InChI is InChI=1S/C7H12.C6H12.2C6H6.C3H5F3NO3S.4C3H5F3NO2S.4C2H6/c1-2-7-4-3-6(1)5-7;3*1-2-4-6-5-3-1;4-3(5,6)11(9,10)7-1-2-8;4*1-2-7-10(8,9)3(4,5)6;4*1-2/h6-7H,1-5H2;1-6H2;2*1-6H;8H,1-2H2;4*2H2,1H3;4*1-2H3/q;;;;5*-1;;;;. The predicted molar refractivity (Wildman–Crippen MR) is 302 cm³/mol. The van der Waals surface area contributed by atoms with Crippen molar-refractivity contribution in [2.24, 2.45) is 11.8 Å². The van der Waals surface area contributed by atoms with Gasteiger partial charge in [-0.05, 0) is 18.3 Å². The molecular weight excluding hydrogens is 1270 g/mol. The van der Waals surface area contributed by atoms with Gasteiger partial charge in [0.1, 0.15) is 0 Å². The minimum Gasteiger partial charge on any atom is -0.541 e. The number of hydrogen-bond acceptors (Lipinski definition) is 11. The summed E-state index contributed by atoms with van der Waals surface area (Å²) < 4.78 is 282. The molecule has 0 heterocycles. The summed E-state index contributed by atoms with van der Waals surface area (Å²) in [5.74, 6) is 2.34. The summed E-state index contributed by atoms with van der Waals surface area (Å²) in [6.07, 6.45) is 16.8. The van der Waals surface area contributed by atoms with Crippen LogP contribution < -0.4 is 0 Å². The number of hydrogen-bond donors (Lipinski definition) is 1. The van der Waals surface area contributed by atoms with Crippen molar-refractivity contribution in [2.75, 3.05) is 39.3 Å². The highest BCUT2D eigenvalue weighted by Crippen LogP contribution is 2.44. The highest BCUT2D eigenvalue weighted by molar-refractivity contribution is 7.95. The summed E-state index contributed by atoms with van der Waals surface area (Å²) in [6.45, 7) is 17.8. The second-order valence-electron chi connectivity index (χ2n) is 14.5. The van der Waals surface area contributed by atoms with Crippen molar-refractivity contribution in [1.82, 2.24) is 0 Å². The lowest BCUT2D eigenvalue weighted by atomic mass is 10.0. The molecule has 3 aliphatic carbocycles. The SMILES string of the molecule is C1CC2CCC1C2.C1CCCCC1.CC.CC.CC.CC.CC[N-]S(=O)(=O)C(F)(F)F.CC[N-]S(=O)(=O)C(F)(F)F.CC[N-]S(=O)(=O)C(F)(F)F.CC[N-]S(=O)(=O)C(F)(F)F.O=S(=O)([N-]CCO)C(F)(F)F.c1ccccc1.c1ccccc1. The maximum atomic E-state index is 11.4. The average Bonchev–Trinajstić information content (AvgIpc) is 4.09. The molecule has 0 amide bonds. The summed E-state index contributed by atoms with van der Waals surface area (Å²) >= 11 is 0. The summed E-state index contributed by atoms with van der Waals surface area (Å²) in [4.78, 5) is 0. The number of halogens is 15. The predicted octanol–water partition coefficient (Wildman–Crippen LogP) is 17.1. The van der Waals surface area contributed by atoms with E-state index in [-0.39, 0.29) is 26.2 Å². The Labute approximate surface area is 490 Å². The van der Waals surface area contributed by atoms with Crippen molar-refractivity contribution >= 4 is 50.1 Å². The second kappa shape index (κ2) is 53.0. The van der Waals surface area contributed by atoms with E-state index in [0.29, 0.717) is 0 Å². The molecule has 1 N–H and O–H groups in total. The highest BCUT2D eigenvalue weighted by atomic mass is 32.2. The first kappa shape index (κ1) is 97.2. The van der Waals surface area contributed by atoms with Gasteiger partial charge in [-0.1, -0.05) is 220 Å². The van der Waals surface area contributed by atoms with Gasteiger partial charge < -0.3 is 28.7 Å². The van der Waals surface area contributed by atoms with Crippen LogP contribution in [-0.4, -0.2) is 114 Å². The first-order valence-electron chi connectivity index (χ1n) is 26.1. The summed E-state index contributed by atoms with van der Waals surface area (Å²) in [5, 5.41) is 7.97. The molecule has 0 atom stereocenters. The van der Waals surface area contributed by atoms with Crippen LogP contribution in [0.15, 0.2) is 72.8 Å². The van der Waals surface area contributed by atoms with Crippen LogP contribution in [0.5, 0.6) is 0 Å². The van der Waals surface area contributed by atoms with Gasteiger partial charge in [0.15, 0.2) is 50.1 Å². The lowest BCUT2D eigenvalue weighted by Crippen LogP contribution is -2.22. The zero-order valence-corrected chi connectivity index (χ0v) is 53.2.